The zero-order valence-corrected chi connectivity index (χ0v) is 13.4. The minimum Gasteiger partial charge on any atom is -0.465 e. The zero-order valence-electron chi connectivity index (χ0n) is 11.8. The average molecular weight is 321 g/mol. The number of rotatable bonds is 3. The number of hydrogen-bond acceptors (Lipinski definition) is 5. The molecule has 0 unspecified atom stereocenters. The molecule has 0 aliphatic carbocycles. The Labute approximate surface area is 132 Å². The van der Waals surface area contributed by atoms with Crippen LogP contribution in [0.5, 0.6) is 0 Å². The van der Waals surface area contributed by atoms with Crippen molar-refractivity contribution in [1.82, 2.24) is 0 Å². The van der Waals surface area contributed by atoms with Crippen LogP contribution in [0.1, 0.15) is 15.2 Å². The van der Waals surface area contributed by atoms with E-state index in [2.05, 4.69) is 6.07 Å². The van der Waals surface area contributed by atoms with Crippen molar-refractivity contribution in [1.29, 1.82) is 5.26 Å². The van der Waals surface area contributed by atoms with Gasteiger partial charge in [0.25, 0.3) is 0 Å². The number of thiophene rings is 1. The number of carbonyl (C=O) groups is 1. The number of benzene rings is 1. The van der Waals surface area contributed by atoms with Crippen LogP contribution in [0.2, 0.25) is 5.02 Å². The van der Waals surface area contributed by atoms with E-state index >= 15 is 0 Å². The molecule has 0 N–H and O–H groups in total. The molecular formula is C15H13ClN2O2S. The summed E-state index contributed by atoms with van der Waals surface area (Å²) in [6, 6.07) is 9.22. The standard InChI is InChI=1S/C15H13ClN2O2S/c1-18(2)14-11(8-17)12(13(21-14)15(19)20-3)9-4-6-10(16)7-5-9/h4-7H,1-3H3. The quantitative estimate of drug-likeness (QED) is 0.807. The molecule has 0 amide bonds. The van der Waals surface area contributed by atoms with Crippen molar-refractivity contribution in [3.05, 3.63) is 39.7 Å². The Hall–Kier alpha value is -2.03. The lowest BCUT2D eigenvalue weighted by Crippen LogP contribution is -2.07. The fourth-order valence-corrected chi connectivity index (χ4v) is 3.21. The number of methoxy groups -OCH3 is 1. The summed E-state index contributed by atoms with van der Waals surface area (Å²) in [4.78, 5) is 14.2. The first kappa shape index (κ1) is 15.4. The molecule has 1 heterocycles. The Morgan fingerprint density at radius 3 is 2.43 bits per heavy atom. The minimum atomic E-state index is -0.449. The first-order valence-electron chi connectivity index (χ1n) is 6.08. The van der Waals surface area contributed by atoms with Crippen LogP contribution in [0.3, 0.4) is 0 Å². The van der Waals surface area contributed by atoms with Crippen molar-refractivity contribution < 1.29 is 9.53 Å². The topological polar surface area (TPSA) is 53.3 Å². The molecule has 0 aliphatic heterocycles. The highest BCUT2D eigenvalue weighted by Gasteiger charge is 2.25. The van der Waals surface area contributed by atoms with Crippen molar-refractivity contribution in [2.75, 3.05) is 26.1 Å². The fourth-order valence-electron chi connectivity index (χ4n) is 1.97. The molecule has 0 radical (unpaired) electrons. The lowest BCUT2D eigenvalue weighted by molar-refractivity contribution is 0.0607. The van der Waals surface area contributed by atoms with Crippen molar-refractivity contribution in [2.45, 2.75) is 0 Å². The molecule has 0 spiro atoms. The number of nitrogens with zero attached hydrogens (tertiary/aromatic N) is 2. The van der Waals surface area contributed by atoms with E-state index < -0.39 is 5.97 Å². The van der Waals surface area contributed by atoms with E-state index in [0.29, 0.717) is 21.0 Å². The monoisotopic (exact) mass is 320 g/mol. The van der Waals surface area contributed by atoms with Gasteiger partial charge in [0.1, 0.15) is 15.9 Å². The van der Waals surface area contributed by atoms with Gasteiger partial charge in [-0.05, 0) is 17.7 Å². The molecule has 1 aromatic carbocycles. The fraction of sp³-hybridized carbons (Fsp3) is 0.200. The molecule has 2 aromatic rings. The lowest BCUT2D eigenvalue weighted by atomic mass is 10.0. The summed E-state index contributed by atoms with van der Waals surface area (Å²) in [5.74, 6) is -0.449. The molecule has 1 aromatic heterocycles. The number of carbonyl (C=O) groups excluding carboxylic acids is 1. The molecule has 108 valence electrons. The highest BCUT2D eigenvalue weighted by atomic mass is 35.5. The van der Waals surface area contributed by atoms with Crippen LogP contribution in [0.15, 0.2) is 24.3 Å². The van der Waals surface area contributed by atoms with Gasteiger partial charge in [0.05, 0.1) is 12.7 Å². The predicted molar refractivity (Wildman–Crippen MR) is 85.1 cm³/mol. The average Bonchev–Trinajstić information content (AvgIpc) is 2.86. The number of nitriles is 1. The number of ether oxygens (including phenoxy) is 1. The molecule has 4 nitrogen and oxygen atoms in total. The van der Waals surface area contributed by atoms with Gasteiger partial charge < -0.3 is 9.64 Å². The van der Waals surface area contributed by atoms with Gasteiger partial charge in [-0.25, -0.2) is 4.79 Å². The van der Waals surface area contributed by atoms with Crippen molar-refractivity contribution in [3.8, 4) is 17.2 Å². The number of hydrogen-bond donors (Lipinski definition) is 0. The van der Waals surface area contributed by atoms with Gasteiger partial charge in [-0.1, -0.05) is 23.7 Å². The normalized spacial score (nSPS) is 10.0. The summed E-state index contributed by atoms with van der Waals surface area (Å²) in [6.45, 7) is 0. The lowest BCUT2D eigenvalue weighted by Gasteiger charge is -2.09. The summed E-state index contributed by atoms with van der Waals surface area (Å²) in [6.07, 6.45) is 0. The van der Waals surface area contributed by atoms with E-state index in [0.717, 1.165) is 10.6 Å². The van der Waals surface area contributed by atoms with Crippen molar-refractivity contribution >= 4 is 33.9 Å². The number of anilines is 1. The second kappa shape index (κ2) is 6.17. The number of halogens is 1. The predicted octanol–water partition coefficient (Wildman–Crippen LogP) is 3.79. The molecule has 0 atom stereocenters. The Morgan fingerprint density at radius 2 is 1.95 bits per heavy atom. The summed E-state index contributed by atoms with van der Waals surface area (Å²) >= 11 is 7.14. The largest absolute Gasteiger partial charge is 0.465 e. The van der Waals surface area contributed by atoms with Crippen LogP contribution in [0.25, 0.3) is 11.1 Å². The third-order valence-corrected chi connectivity index (χ3v) is 4.50. The van der Waals surface area contributed by atoms with Gasteiger partial charge in [0.15, 0.2) is 0 Å². The summed E-state index contributed by atoms with van der Waals surface area (Å²) < 4.78 is 4.83. The van der Waals surface area contributed by atoms with Crippen LogP contribution in [-0.4, -0.2) is 27.2 Å². The Kier molecular flexibility index (Phi) is 4.51. The van der Waals surface area contributed by atoms with Gasteiger partial charge in [0, 0.05) is 24.7 Å². The van der Waals surface area contributed by atoms with E-state index in [-0.39, 0.29) is 0 Å². The molecule has 0 bridgehead atoms. The molecule has 2 rings (SSSR count). The first-order valence-corrected chi connectivity index (χ1v) is 7.27. The van der Waals surface area contributed by atoms with Gasteiger partial charge in [-0.2, -0.15) is 5.26 Å². The van der Waals surface area contributed by atoms with E-state index in [1.165, 1.54) is 18.4 Å². The SMILES string of the molecule is COC(=O)c1sc(N(C)C)c(C#N)c1-c1ccc(Cl)cc1. The number of esters is 1. The van der Waals surface area contributed by atoms with E-state index in [4.69, 9.17) is 16.3 Å². The van der Waals surface area contributed by atoms with Gasteiger partial charge in [-0.3, -0.25) is 0 Å². The van der Waals surface area contributed by atoms with E-state index in [9.17, 15) is 10.1 Å². The van der Waals surface area contributed by atoms with Crippen LogP contribution >= 0.6 is 22.9 Å². The first-order chi connectivity index (χ1) is 9.99. The summed E-state index contributed by atoms with van der Waals surface area (Å²) in [5, 5.41) is 10.8. The maximum atomic E-state index is 12.0. The maximum Gasteiger partial charge on any atom is 0.348 e. The van der Waals surface area contributed by atoms with E-state index in [1.807, 2.05) is 19.0 Å². The minimum absolute atomic E-state index is 0.417. The Morgan fingerprint density at radius 1 is 1.33 bits per heavy atom. The molecular weight excluding hydrogens is 308 g/mol. The third-order valence-electron chi connectivity index (χ3n) is 2.91. The van der Waals surface area contributed by atoms with Gasteiger partial charge in [-0.15, -0.1) is 11.3 Å². The third kappa shape index (κ3) is 2.87. The highest BCUT2D eigenvalue weighted by Crippen LogP contribution is 2.41. The summed E-state index contributed by atoms with van der Waals surface area (Å²) in [5.41, 5.74) is 1.82. The van der Waals surface area contributed by atoms with Crippen LogP contribution in [0.4, 0.5) is 5.00 Å². The Balaban J connectivity index is 2.75. The van der Waals surface area contributed by atoms with Crippen LogP contribution < -0.4 is 4.90 Å². The summed E-state index contributed by atoms with van der Waals surface area (Å²) in [7, 11) is 4.99. The molecule has 0 saturated carbocycles. The molecule has 21 heavy (non-hydrogen) atoms. The maximum absolute atomic E-state index is 12.0. The second-order valence-electron chi connectivity index (χ2n) is 4.49. The molecule has 0 saturated heterocycles. The van der Waals surface area contributed by atoms with Crippen molar-refractivity contribution in [2.24, 2.45) is 0 Å². The smallest absolute Gasteiger partial charge is 0.348 e. The second-order valence-corrected chi connectivity index (χ2v) is 5.93. The Bertz CT molecular complexity index is 715. The zero-order chi connectivity index (χ0) is 15.6. The highest BCUT2D eigenvalue weighted by molar-refractivity contribution is 7.18. The molecule has 6 heteroatoms. The van der Waals surface area contributed by atoms with Gasteiger partial charge >= 0.3 is 5.97 Å². The van der Waals surface area contributed by atoms with Gasteiger partial charge in [0.2, 0.25) is 0 Å². The molecule has 0 fully saturated rings. The molecule has 0 aliphatic rings. The van der Waals surface area contributed by atoms with Crippen molar-refractivity contribution in [3.63, 3.8) is 0 Å². The van der Waals surface area contributed by atoms with Crippen LogP contribution in [-0.2, 0) is 4.74 Å². The van der Waals surface area contributed by atoms with Crippen LogP contribution in [0, 0.1) is 11.3 Å². The van der Waals surface area contributed by atoms with E-state index in [1.54, 1.807) is 24.3 Å².